The average molecular weight is 311 g/mol. The second-order valence-electron chi connectivity index (χ2n) is 5.46. The highest BCUT2D eigenvalue weighted by Gasteiger charge is 2.18. The van der Waals surface area contributed by atoms with Gasteiger partial charge in [-0.1, -0.05) is 18.0 Å². The molecule has 2 heterocycles. The maximum atomic E-state index is 12.3. The minimum atomic E-state index is -0.150. The van der Waals surface area contributed by atoms with Gasteiger partial charge in [0.1, 0.15) is 5.82 Å². The molecule has 1 aromatic rings. The van der Waals surface area contributed by atoms with E-state index in [0.717, 1.165) is 13.1 Å². The summed E-state index contributed by atoms with van der Waals surface area (Å²) in [5, 5.41) is 6.25. The second-order valence-corrected chi connectivity index (χ2v) is 5.86. The first-order valence-corrected chi connectivity index (χ1v) is 7.85. The molecule has 1 fully saturated rings. The quantitative estimate of drug-likeness (QED) is 0.877. The van der Waals surface area contributed by atoms with E-state index in [0.29, 0.717) is 29.0 Å². The van der Waals surface area contributed by atoms with Crippen molar-refractivity contribution in [2.45, 2.75) is 32.2 Å². The number of nitrogens with zero attached hydrogens (tertiary/aromatic N) is 2. The van der Waals surface area contributed by atoms with Gasteiger partial charge in [-0.3, -0.25) is 9.69 Å². The number of hydrogen-bond acceptors (Lipinski definition) is 4. The number of amides is 1. The smallest absolute Gasteiger partial charge is 0.253 e. The molecule has 0 radical (unpaired) electrons. The van der Waals surface area contributed by atoms with Crippen molar-refractivity contribution in [2.24, 2.45) is 0 Å². The Morgan fingerprint density at radius 1 is 1.43 bits per heavy atom. The zero-order valence-corrected chi connectivity index (χ0v) is 13.4. The summed E-state index contributed by atoms with van der Waals surface area (Å²) in [4.78, 5) is 18.8. The molecule has 1 aliphatic rings. The molecule has 6 heteroatoms. The first-order chi connectivity index (χ1) is 10.1. The molecule has 21 heavy (non-hydrogen) atoms. The van der Waals surface area contributed by atoms with E-state index < -0.39 is 0 Å². The lowest BCUT2D eigenvalue weighted by Crippen LogP contribution is -2.44. The van der Waals surface area contributed by atoms with E-state index in [9.17, 15) is 4.79 Å². The summed E-state index contributed by atoms with van der Waals surface area (Å²) in [5.74, 6) is 0.483. The van der Waals surface area contributed by atoms with Crippen molar-refractivity contribution < 1.29 is 4.79 Å². The van der Waals surface area contributed by atoms with E-state index in [1.165, 1.54) is 25.5 Å². The van der Waals surface area contributed by atoms with E-state index in [1.807, 2.05) is 0 Å². The Kier molecular flexibility index (Phi) is 5.82. The van der Waals surface area contributed by atoms with Gasteiger partial charge in [-0.15, -0.1) is 0 Å². The zero-order chi connectivity index (χ0) is 15.2. The highest BCUT2D eigenvalue weighted by molar-refractivity contribution is 6.33. The molecule has 1 atom stereocenters. The topological polar surface area (TPSA) is 57.3 Å². The summed E-state index contributed by atoms with van der Waals surface area (Å²) in [6, 6.07) is 2.02. The lowest BCUT2D eigenvalue weighted by atomic mass is 10.1. The summed E-state index contributed by atoms with van der Waals surface area (Å²) in [6.45, 7) is 5.03. The second kappa shape index (κ2) is 7.61. The molecule has 1 saturated heterocycles. The fraction of sp³-hybridized carbons (Fsp3) is 0.600. The van der Waals surface area contributed by atoms with Gasteiger partial charge in [0.15, 0.2) is 0 Å². The van der Waals surface area contributed by atoms with Crippen LogP contribution in [0.3, 0.4) is 0 Å². The number of likely N-dealkylation sites (tertiary alicyclic amines) is 1. The van der Waals surface area contributed by atoms with Gasteiger partial charge in [0, 0.05) is 25.8 Å². The number of hydrogen-bond donors (Lipinski definition) is 2. The Bertz CT molecular complexity index is 489. The summed E-state index contributed by atoms with van der Waals surface area (Å²) >= 11 is 6.05. The molecular formula is C15H23ClN4O. The standard InChI is InChI=1S/C15H23ClN4O/c1-11(20-6-4-3-5-7-20)9-19-15(21)12-8-14(17-2)18-10-13(12)16/h8,10-11H,3-7,9H2,1-2H3,(H,17,18)(H,19,21). The number of halogens is 1. The molecule has 0 spiro atoms. The van der Waals surface area contributed by atoms with Crippen molar-refractivity contribution in [3.05, 3.63) is 22.8 Å². The van der Waals surface area contributed by atoms with Crippen LogP contribution in [0.5, 0.6) is 0 Å². The maximum absolute atomic E-state index is 12.3. The van der Waals surface area contributed by atoms with Gasteiger partial charge in [-0.25, -0.2) is 4.98 Å². The van der Waals surface area contributed by atoms with Crippen LogP contribution in [0.4, 0.5) is 5.82 Å². The zero-order valence-electron chi connectivity index (χ0n) is 12.7. The van der Waals surface area contributed by atoms with Crippen molar-refractivity contribution in [1.82, 2.24) is 15.2 Å². The van der Waals surface area contributed by atoms with Crippen LogP contribution in [0.25, 0.3) is 0 Å². The third kappa shape index (κ3) is 4.32. The van der Waals surface area contributed by atoms with E-state index in [2.05, 4.69) is 27.4 Å². The molecule has 1 amide bonds. The van der Waals surface area contributed by atoms with Crippen LogP contribution in [0, 0.1) is 0 Å². The van der Waals surface area contributed by atoms with Crippen LogP contribution in [-0.2, 0) is 0 Å². The molecule has 1 unspecified atom stereocenters. The number of carbonyl (C=O) groups is 1. The number of aromatic nitrogens is 1. The molecule has 2 N–H and O–H groups in total. The minimum absolute atomic E-state index is 0.150. The van der Waals surface area contributed by atoms with Gasteiger partial charge < -0.3 is 10.6 Å². The van der Waals surface area contributed by atoms with E-state index in [1.54, 1.807) is 13.1 Å². The van der Waals surface area contributed by atoms with Crippen LogP contribution in [0.15, 0.2) is 12.3 Å². The van der Waals surface area contributed by atoms with Crippen molar-refractivity contribution in [3.63, 3.8) is 0 Å². The molecule has 0 bridgehead atoms. The average Bonchev–Trinajstić information content (AvgIpc) is 2.53. The van der Waals surface area contributed by atoms with Crippen LogP contribution in [0.2, 0.25) is 5.02 Å². The first kappa shape index (κ1) is 16.0. The molecule has 116 valence electrons. The highest BCUT2D eigenvalue weighted by Crippen LogP contribution is 2.18. The number of piperidine rings is 1. The highest BCUT2D eigenvalue weighted by atomic mass is 35.5. The predicted molar refractivity (Wildman–Crippen MR) is 86.0 cm³/mol. The third-order valence-electron chi connectivity index (χ3n) is 3.93. The van der Waals surface area contributed by atoms with E-state index in [4.69, 9.17) is 11.6 Å². The van der Waals surface area contributed by atoms with Crippen molar-refractivity contribution in [2.75, 3.05) is 32.0 Å². The summed E-state index contributed by atoms with van der Waals surface area (Å²) in [7, 11) is 1.76. The van der Waals surface area contributed by atoms with Gasteiger partial charge in [-0.2, -0.15) is 0 Å². The van der Waals surface area contributed by atoms with Crippen molar-refractivity contribution in [1.29, 1.82) is 0 Å². The van der Waals surface area contributed by atoms with Gasteiger partial charge in [0.25, 0.3) is 5.91 Å². The minimum Gasteiger partial charge on any atom is -0.373 e. The summed E-state index contributed by atoms with van der Waals surface area (Å²) in [6.07, 6.45) is 5.31. The van der Waals surface area contributed by atoms with Crippen LogP contribution in [-0.4, -0.2) is 48.5 Å². The Labute approximate surface area is 131 Å². The van der Waals surface area contributed by atoms with E-state index in [-0.39, 0.29) is 5.91 Å². The molecule has 1 aliphatic heterocycles. The lowest BCUT2D eigenvalue weighted by molar-refractivity contribution is 0.0930. The molecule has 1 aromatic heterocycles. The molecule has 0 aromatic carbocycles. The number of carbonyl (C=O) groups excluding carboxylic acids is 1. The van der Waals surface area contributed by atoms with Gasteiger partial charge in [0.05, 0.1) is 10.6 Å². The first-order valence-electron chi connectivity index (χ1n) is 7.47. The Balaban J connectivity index is 1.92. The number of pyridine rings is 1. The van der Waals surface area contributed by atoms with Gasteiger partial charge in [0.2, 0.25) is 0 Å². The van der Waals surface area contributed by atoms with Gasteiger partial charge >= 0.3 is 0 Å². The SMILES string of the molecule is CNc1cc(C(=O)NCC(C)N2CCCCC2)c(Cl)cn1. The molecule has 5 nitrogen and oxygen atoms in total. The van der Waals surface area contributed by atoms with Crippen molar-refractivity contribution in [3.8, 4) is 0 Å². The fourth-order valence-corrected chi connectivity index (χ4v) is 2.76. The maximum Gasteiger partial charge on any atom is 0.253 e. The fourth-order valence-electron chi connectivity index (χ4n) is 2.57. The Morgan fingerprint density at radius 3 is 2.81 bits per heavy atom. The molecule has 0 aliphatic carbocycles. The molecule has 2 rings (SSSR count). The molecular weight excluding hydrogens is 288 g/mol. The third-order valence-corrected chi connectivity index (χ3v) is 4.23. The Morgan fingerprint density at radius 2 is 2.14 bits per heavy atom. The summed E-state index contributed by atoms with van der Waals surface area (Å²) in [5.41, 5.74) is 0.460. The number of rotatable bonds is 5. The normalized spacial score (nSPS) is 17.3. The monoisotopic (exact) mass is 310 g/mol. The van der Waals surface area contributed by atoms with Crippen molar-refractivity contribution >= 4 is 23.3 Å². The Hall–Kier alpha value is -1.33. The van der Waals surface area contributed by atoms with Crippen LogP contribution < -0.4 is 10.6 Å². The van der Waals surface area contributed by atoms with E-state index >= 15 is 0 Å². The summed E-state index contributed by atoms with van der Waals surface area (Å²) < 4.78 is 0. The lowest BCUT2D eigenvalue weighted by Gasteiger charge is -2.32. The largest absolute Gasteiger partial charge is 0.373 e. The van der Waals surface area contributed by atoms with Crippen LogP contribution in [0.1, 0.15) is 36.5 Å². The number of nitrogens with one attached hydrogen (secondary N) is 2. The predicted octanol–water partition coefficient (Wildman–Crippen LogP) is 2.38. The van der Waals surface area contributed by atoms with Crippen LogP contribution >= 0.6 is 11.6 Å². The van der Waals surface area contributed by atoms with Gasteiger partial charge in [-0.05, 0) is 38.9 Å². The number of anilines is 1. The molecule has 0 saturated carbocycles.